The van der Waals surface area contributed by atoms with Crippen LogP contribution in [-0.2, 0) is 13.0 Å². The maximum atomic E-state index is 13.8. The molecule has 2 aromatic carbocycles. The highest BCUT2D eigenvalue weighted by molar-refractivity contribution is 7.23. The number of hydrogen-bond donors (Lipinski definition) is 1. The summed E-state index contributed by atoms with van der Waals surface area (Å²) in [7, 11) is 0. The van der Waals surface area contributed by atoms with Crippen LogP contribution in [0.15, 0.2) is 36.4 Å². The number of rotatable bonds is 10. The van der Waals surface area contributed by atoms with Crippen molar-refractivity contribution in [3.05, 3.63) is 52.4 Å². The molecule has 5 rings (SSSR count). The van der Waals surface area contributed by atoms with Crippen LogP contribution in [0.25, 0.3) is 20.8 Å². The Balaban J connectivity index is 1.56. The molecule has 39 heavy (non-hydrogen) atoms. The molecule has 9 heteroatoms. The summed E-state index contributed by atoms with van der Waals surface area (Å²) in [4.78, 5) is 22.5. The Morgan fingerprint density at radius 2 is 1.72 bits per heavy atom. The summed E-state index contributed by atoms with van der Waals surface area (Å²) in [6.45, 7) is 13.4. The lowest BCUT2D eigenvalue weighted by Crippen LogP contribution is -2.35. The van der Waals surface area contributed by atoms with Crippen molar-refractivity contribution in [2.75, 3.05) is 31.7 Å². The maximum absolute atomic E-state index is 13.8. The Labute approximate surface area is 237 Å². The minimum absolute atomic E-state index is 0.221. The third kappa shape index (κ3) is 5.62. The number of anilines is 1. The predicted molar refractivity (Wildman–Crippen MR) is 160 cm³/mol. The number of ether oxygens (including phenoxy) is 3. The summed E-state index contributed by atoms with van der Waals surface area (Å²) < 4.78 is 18.7. The van der Waals surface area contributed by atoms with Gasteiger partial charge in [0.05, 0.1) is 30.0 Å². The molecule has 1 aliphatic rings. The zero-order valence-corrected chi connectivity index (χ0v) is 24.8. The van der Waals surface area contributed by atoms with Crippen LogP contribution in [0, 0.1) is 0 Å². The van der Waals surface area contributed by atoms with E-state index < -0.39 is 0 Å². The van der Waals surface area contributed by atoms with Crippen LogP contribution in [0.3, 0.4) is 0 Å². The number of thiophene rings is 1. The number of nitrogens with zero attached hydrogens (tertiary/aromatic N) is 2. The molecule has 1 N–H and O–H groups in total. The Morgan fingerprint density at radius 3 is 2.36 bits per heavy atom. The van der Waals surface area contributed by atoms with E-state index in [1.165, 1.54) is 10.4 Å². The van der Waals surface area contributed by atoms with Crippen LogP contribution in [0.5, 0.6) is 17.2 Å². The lowest BCUT2D eigenvalue weighted by Gasteiger charge is -2.30. The number of fused-ring (bicyclic) bond motifs is 2. The van der Waals surface area contributed by atoms with Gasteiger partial charge in [-0.1, -0.05) is 12.1 Å². The highest BCUT2D eigenvalue weighted by Crippen LogP contribution is 2.46. The van der Waals surface area contributed by atoms with Gasteiger partial charge in [-0.2, -0.15) is 0 Å². The molecule has 1 aliphatic heterocycles. The summed E-state index contributed by atoms with van der Waals surface area (Å²) in [5.74, 6) is 1.30. The van der Waals surface area contributed by atoms with Crippen molar-refractivity contribution in [3.63, 3.8) is 0 Å². The van der Waals surface area contributed by atoms with Gasteiger partial charge in [0.25, 0.3) is 5.91 Å². The van der Waals surface area contributed by atoms with Crippen LogP contribution in [-0.4, -0.2) is 48.2 Å². The monoisotopic (exact) mass is 565 g/mol. The minimum Gasteiger partial charge on any atom is -0.490 e. The standard InChI is InChI=1S/C30H35N3O4S2/c1-6-35-22-15-19(16-23(36-7-2)27(22)37-8-3)28(34)32-30-26(29-31-21-11-9-10-12-24(21)38-29)20-13-14-33(18(4)5)17-25(20)39-30/h9-12,15-16,18H,6-8,13-14,17H2,1-5H3,(H,32,34). The number of hydrogen-bond acceptors (Lipinski definition) is 8. The molecule has 0 spiro atoms. The molecule has 0 bridgehead atoms. The molecule has 4 aromatic rings. The summed E-state index contributed by atoms with van der Waals surface area (Å²) in [6, 6.07) is 12.1. The van der Waals surface area contributed by atoms with Crippen molar-refractivity contribution >= 4 is 43.8 Å². The molecular weight excluding hydrogens is 530 g/mol. The molecule has 0 atom stereocenters. The summed E-state index contributed by atoms with van der Waals surface area (Å²) in [5, 5.41) is 5.01. The zero-order valence-electron chi connectivity index (χ0n) is 23.1. The smallest absolute Gasteiger partial charge is 0.256 e. The lowest BCUT2D eigenvalue weighted by atomic mass is 10.0. The van der Waals surface area contributed by atoms with Gasteiger partial charge in [0.15, 0.2) is 11.5 Å². The van der Waals surface area contributed by atoms with Crippen LogP contribution >= 0.6 is 22.7 Å². The molecule has 206 valence electrons. The van der Waals surface area contributed by atoms with Crippen molar-refractivity contribution in [3.8, 4) is 27.8 Å². The van der Waals surface area contributed by atoms with Gasteiger partial charge in [-0.3, -0.25) is 9.69 Å². The summed E-state index contributed by atoms with van der Waals surface area (Å²) >= 11 is 3.33. The number of para-hydroxylation sites is 1. The largest absolute Gasteiger partial charge is 0.490 e. The van der Waals surface area contributed by atoms with E-state index in [1.807, 2.05) is 39.0 Å². The number of nitrogens with one attached hydrogen (secondary N) is 1. The highest BCUT2D eigenvalue weighted by Gasteiger charge is 2.29. The van der Waals surface area contributed by atoms with Crippen molar-refractivity contribution in [1.29, 1.82) is 0 Å². The van der Waals surface area contributed by atoms with Crippen molar-refractivity contribution in [2.24, 2.45) is 0 Å². The van der Waals surface area contributed by atoms with Crippen molar-refractivity contribution < 1.29 is 19.0 Å². The minimum atomic E-state index is -0.221. The number of aromatic nitrogens is 1. The molecule has 0 unspecified atom stereocenters. The van der Waals surface area contributed by atoms with Gasteiger partial charge >= 0.3 is 0 Å². The first-order valence-corrected chi connectivity index (χ1v) is 15.2. The van der Waals surface area contributed by atoms with Crippen LogP contribution in [0.4, 0.5) is 5.00 Å². The molecule has 0 fully saturated rings. The second-order valence-electron chi connectivity index (χ2n) is 9.56. The molecule has 0 aliphatic carbocycles. The quantitative estimate of drug-likeness (QED) is 0.219. The van der Waals surface area contributed by atoms with Crippen molar-refractivity contribution in [1.82, 2.24) is 9.88 Å². The normalized spacial score (nSPS) is 13.5. The Kier molecular flexibility index (Phi) is 8.40. The Hall–Kier alpha value is -3.14. The van der Waals surface area contributed by atoms with Crippen LogP contribution in [0.2, 0.25) is 0 Å². The molecule has 0 saturated heterocycles. The van der Waals surface area contributed by atoms with Gasteiger partial charge in [0.1, 0.15) is 10.0 Å². The van der Waals surface area contributed by atoms with E-state index in [1.54, 1.807) is 34.8 Å². The maximum Gasteiger partial charge on any atom is 0.256 e. The van der Waals surface area contributed by atoms with E-state index >= 15 is 0 Å². The zero-order chi connectivity index (χ0) is 27.5. The summed E-state index contributed by atoms with van der Waals surface area (Å²) in [5.41, 5.74) is 3.77. The average molecular weight is 566 g/mol. The third-order valence-electron chi connectivity index (χ3n) is 6.72. The predicted octanol–water partition coefficient (Wildman–Crippen LogP) is 7.24. The SMILES string of the molecule is CCOc1cc(C(=O)Nc2sc3c(c2-c2nc4ccccc4s2)CCN(C(C)C)C3)cc(OCC)c1OCC. The van der Waals surface area contributed by atoms with E-state index in [4.69, 9.17) is 19.2 Å². The van der Waals surface area contributed by atoms with Gasteiger partial charge in [-0.05, 0) is 70.9 Å². The fourth-order valence-electron chi connectivity index (χ4n) is 4.85. The van der Waals surface area contributed by atoms with Gasteiger partial charge in [0.2, 0.25) is 5.75 Å². The van der Waals surface area contributed by atoms with Gasteiger partial charge in [-0.15, -0.1) is 22.7 Å². The number of benzene rings is 2. The highest BCUT2D eigenvalue weighted by atomic mass is 32.1. The number of thiazole rings is 1. The fourth-order valence-corrected chi connectivity index (χ4v) is 7.23. The molecule has 0 saturated carbocycles. The first-order chi connectivity index (χ1) is 18.9. The van der Waals surface area contributed by atoms with Gasteiger partial charge in [-0.25, -0.2) is 4.98 Å². The van der Waals surface area contributed by atoms with Crippen molar-refractivity contribution in [2.45, 2.75) is 53.6 Å². The second kappa shape index (κ2) is 11.9. The number of carbonyl (C=O) groups is 1. The average Bonchev–Trinajstić information content (AvgIpc) is 3.50. The Bertz CT molecular complexity index is 1420. The first-order valence-electron chi connectivity index (χ1n) is 13.6. The molecule has 0 radical (unpaired) electrons. The number of carbonyl (C=O) groups excluding carboxylic acids is 1. The third-order valence-corrected chi connectivity index (χ3v) is 8.91. The van der Waals surface area contributed by atoms with E-state index in [9.17, 15) is 4.79 Å². The van der Waals surface area contributed by atoms with E-state index in [0.29, 0.717) is 48.7 Å². The Morgan fingerprint density at radius 1 is 1.03 bits per heavy atom. The second-order valence-corrected chi connectivity index (χ2v) is 11.7. The summed E-state index contributed by atoms with van der Waals surface area (Å²) in [6.07, 6.45) is 0.928. The van der Waals surface area contributed by atoms with Crippen LogP contribution < -0.4 is 19.5 Å². The molecule has 3 heterocycles. The van der Waals surface area contributed by atoms with Crippen LogP contribution in [0.1, 0.15) is 55.4 Å². The fraction of sp³-hybridized carbons (Fsp3) is 0.400. The molecule has 7 nitrogen and oxygen atoms in total. The van der Waals surface area contributed by atoms with Gasteiger partial charge in [0, 0.05) is 35.1 Å². The topological polar surface area (TPSA) is 72.9 Å². The molecule has 2 aromatic heterocycles. The number of amides is 1. The van der Waals surface area contributed by atoms with E-state index in [-0.39, 0.29) is 5.91 Å². The van der Waals surface area contributed by atoms with Gasteiger partial charge < -0.3 is 19.5 Å². The first kappa shape index (κ1) is 27.4. The molecule has 1 amide bonds. The lowest BCUT2D eigenvalue weighted by molar-refractivity contribution is 0.102. The molecular formula is C30H35N3O4S2. The van der Waals surface area contributed by atoms with E-state index in [2.05, 4.69) is 30.1 Å². The van der Waals surface area contributed by atoms with E-state index in [0.717, 1.165) is 45.3 Å².